The van der Waals surface area contributed by atoms with E-state index in [4.69, 9.17) is 9.73 Å². The van der Waals surface area contributed by atoms with Gasteiger partial charge in [-0.2, -0.15) is 0 Å². The van der Waals surface area contributed by atoms with Crippen molar-refractivity contribution < 1.29 is 13.2 Å². The second kappa shape index (κ2) is 12.8. The number of guanidine groups is 1. The number of morpholine rings is 1. The van der Waals surface area contributed by atoms with Gasteiger partial charge < -0.3 is 15.4 Å². The van der Waals surface area contributed by atoms with Crippen molar-refractivity contribution in [3.8, 4) is 0 Å². The van der Waals surface area contributed by atoms with Crippen molar-refractivity contribution in [2.24, 2.45) is 4.99 Å². The van der Waals surface area contributed by atoms with Gasteiger partial charge in [-0.05, 0) is 19.8 Å². The van der Waals surface area contributed by atoms with Crippen molar-refractivity contribution in [1.82, 2.24) is 20.4 Å². The van der Waals surface area contributed by atoms with Crippen LogP contribution in [-0.4, -0.2) is 107 Å². The molecule has 3 fully saturated rings. The van der Waals surface area contributed by atoms with Gasteiger partial charge in [0.05, 0.1) is 31.3 Å². The minimum atomic E-state index is -2.82. The molecule has 0 aromatic carbocycles. The van der Waals surface area contributed by atoms with Gasteiger partial charge in [-0.25, -0.2) is 8.42 Å². The van der Waals surface area contributed by atoms with E-state index in [2.05, 4.69) is 27.4 Å². The zero-order chi connectivity index (χ0) is 20.6. The van der Waals surface area contributed by atoms with Crippen LogP contribution in [0.25, 0.3) is 0 Å². The molecular weight excluding hydrogens is 517 g/mol. The fourth-order valence-corrected chi connectivity index (χ4v) is 5.97. The molecule has 2 N–H and O–H groups in total. The average Bonchev–Trinajstić information content (AvgIpc) is 2.74. The van der Waals surface area contributed by atoms with Gasteiger partial charge in [0.25, 0.3) is 0 Å². The lowest BCUT2D eigenvalue weighted by atomic mass is 9.80. The van der Waals surface area contributed by atoms with E-state index in [1.54, 1.807) is 0 Å². The van der Waals surface area contributed by atoms with Crippen molar-refractivity contribution in [3.63, 3.8) is 0 Å². The van der Waals surface area contributed by atoms with Gasteiger partial charge in [0.15, 0.2) is 15.8 Å². The molecule has 0 unspecified atom stereocenters. The normalized spacial score (nSPS) is 25.3. The first-order valence-electron chi connectivity index (χ1n) is 11.3. The van der Waals surface area contributed by atoms with Crippen molar-refractivity contribution in [1.29, 1.82) is 0 Å². The Balaban J connectivity index is 0.00000320. The van der Waals surface area contributed by atoms with Crippen LogP contribution in [0.3, 0.4) is 0 Å². The van der Waals surface area contributed by atoms with Crippen LogP contribution >= 0.6 is 24.0 Å². The third-order valence-corrected chi connectivity index (χ3v) is 8.11. The van der Waals surface area contributed by atoms with Crippen LogP contribution in [-0.2, 0) is 14.6 Å². The Morgan fingerprint density at radius 3 is 2.33 bits per heavy atom. The smallest absolute Gasteiger partial charge is 0.191 e. The maximum atomic E-state index is 11.6. The molecule has 0 bridgehead atoms. The largest absolute Gasteiger partial charge is 0.379 e. The summed E-state index contributed by atoms with van der Waals surface area (Å²) in [7, 11) is -2.82. The highest BCUT2D eigenvalue weighted by molar-refractivity contribution is 14.0. The van der Waals surface area contributed by atoms with Crippen LogP contribution < -0.4 is 10.6 Å². The summed E-state index contributed by atoms with van der Waals surface area (Å²) in [4.78, 5) is 9.83. The lowest BCUT2D eigenvalue weighted by Gasteiger charge is -2.47. The number of aliphatic imine (C=N–C) groups is 1. The maximum absolute atomic E-state index is 11.6. The Morgan fingerprint density at radius 2 is 1.70 bits per heavy atom. The minimum Gasteiger partial charge on any atom is -0.379 e. The van der Waals surface area contributed by atoms with E-state index in [1.807, 2.05) is 0 Å². The van der Waals surface area contributed by atoms with E-state index < -0.39 is 9.84 Å². The van der Waals surface area contributed by atoms with Gasteiger partial charge in [0, 0.05) is 51.4 Å². The maximum Gasteiger partial charge on any atom is 0.191 e. The van der Waals surface area contributed by atoms with Crippen LogP contribution in [0.4, 0.5) is 0 Å². The summed E-state index contributed by atoms with van der Waals surface area (Å²) in [6.07, 6.45) is 6.35. The van der Waals surface area contributed by atoms with Gasteiger partial charge in [-0.15, -0.1) is 24.0 Å². The summed E-state index contributed by atoms with van der Waals surface area (Å²) in [6, 6.07) is 0. The fourth-order valence-electron chi connectivity index (χ4n) is 4.70. The van der Waals surface area contributed by atoms with Crippen molar-refractivity contribution in [2.75, 3.05) is 77.1 Å². The fraction of sp³-hybridized carbons (Fsp3) is 0.950. The quantitative estimate of drug-likeness (QED) is 0.274. The van der Waals surface area contributed by atoms with Gasteiger partial charge in [-0.1, -0.05) is 19.3 Å². The molecule has 3 aliphatic rings. The number of rotatable bonds is 7. The number of ether oxygens (including phenoxy) is 1. The number of hydrogen-bond donors (Lipinski definition) is 2. The molecule has 0 atom stereocenters. The Labute approximate surface area is 199 Å². The van der Waals surface area contributed by atoms with Gasteiger partial charge >= 0.3 is 0 Å². The van der Waals surface area contributed by atoms with E-state index in [1.165, 1.54) is 32.1 Å². The van der Waals surface area contributed by atoms with Crippen LogP contribution in [0.2, 0.25) is 0 Å². The van der Waals surface area contributed by atoms with Crippen molar-refractivity contribution in [3.05, 3.63) is 0 Å². The molecule has 0 aromatic heterocycles. The SMILES string of the molecule is CCNC(=NCC1(N2CCOCC2)CCCCC1)NCCN1CCS(=O)(=O)CC1.I. The number of hydrogen-bond acceptors (Lipinski definition) is 6. The highest BCUT2D eigenvalue weighted by Crippen LogP contribution is 2.34. The summed E-state index contributed by atoms with van der Waals surface area (Å²) in [5, 5.41) is 6.83. The van der Waals surface area contributed by atoms with Gasteiger partial charge in [-0.3, -0.25) is 14.8 Å². The first kappa shape index (κ1) is 26.1. The molecule has 176 valence electrons. The van der Waals surface area contributed by atoms with Crippen LogP contribution in [0, 0.1) is 0 Å². The predicted molar refractivity (Wildman–Crippen MR) is 133 cm³/mol. The first-order valence-corrected chi connectivity index (χ1v) is 13.1. The molecule has 0 radical (unpaired) electrons. The Morgan fingerprint density at radius 1 is 1.03 bits per heavy atom. The number of sulfone groups is 1. The van der Waals surface area contributed by atoms with Gasteiger partial charge in [0.1, 0.15) is 0 Å². The molecule has 1 saturated carbocycles. The van der Waals surface area contributed by atoms with E-state index in [-0.39, 0.29) is 41.0 Å². The molecule has 0 amide bonds. The molecule has 8 nitrogen and oxygen atoms in total. The van der Waals surface area contributed by atoms with E-state index >= 15 is 0 Å². The van der Waals surface area contributed by atoms with Gasteiger partial charge in [0.2, 0.25) is 0 Å². The average molecular weight is 558 g/mol. The van der Waals surface area contributed by atoms with Crippen LogP contribution in [0.5, 0.6) is 0 Å². The topological polar surface area (TPSA) is 86.3 Å². The summed E-state index contributed by atoms with van der Waals surface area (Å²) in [5.74, 6) is 1.43. The molecule has 10 heteroatoms. The second-order valence-corrected chi connectivity index (χ2v) is 10.8. The summed E-state index contributed by atoms with van der Waals surface area (Å²) >= 11 is 0. The van der Waals surface area contributed by atoms with E-state index in [0.29, 0.717) is 13.1 Å². The standard InChI is InChI=1S/C20H39N5O3S.HI/c1-2-21-19(22-8-9-24-12-16-29(26,27)17-13-24)23-18-20(6-4-3-5-7-20)25-10-14-28-15-11-25;/h2-18H2,1H3,(H2,21,22,23);1H. The number of nitrogens with zero attached hydrogens (tertiary/aromatic N) is 3. The third kappa shape index (κ3) is 7.75. The molecule has 3 rings (SSSR count). The molecule has 1 aliphatic carbocycles. The molecule has 30 heavy (non-hydrogen) atoms. The predicted octanol–water partition coefficient (Wildman–Crippen LogP) is 0.925. The lowest BCUT2D eigenvalue weighted by molar-refractivity contribution is -0.0333. The highest BCUT2D eigenvalue weighted by Gasteiger charge is 2.38. The molecule has 2 aliphatic heterocycles. The van der Waals surface area contributed by atoms with Crippen molar-refractivity contribution >= 4 is 39.8 Å². The zero-order valence-electron chi connectivity index (χ0n) is 18.4. The Kier molecular flexibility index (Phi) is 11.1. The third-order valence-electron chi connectivity index (χ3n) is 6.50. The van der Waals surface area contributed by atoms with Crippen molar-refractivity contribution in [2.45, 2.75) is 44.6 Å². The minimum absolute atomic E-state index is 0. The molecule has 2 heterocycles. The molecule has 0 spiro atoms. The summed E-state index contributed by atoms with van der Waals surface area (Å²) < 4.78 is 28.7. The molecular formula is C20H40IN5O3S. The summed E-state index contributed by atoms with van der Waals surface area (Å²) in [5.41, 5.74) is 0.172. The number of nitrogens with one attached hydrogen (secondary N) is 2. The van der Waals surface area contributed by atoms with E-state index in [9.17, 15) is 8.42 Å². The summed E-state index contributed by atoms with van der Waals surface area (Å²) in [6.45, 7) is 10.3. The Bertz CT molecular complexity index is 620. The lowest BCUT2D eigenvalue weighted by Crippen LogP contribution is -2.56. The molecule has 0 aromatic rings. The highest BCUT2D eigenvalue weighted by atomic mass is 127. The van der Waals surface area contributed by atoms with E-state index in [0.717, 1.165) is 58.4 Å². The first-order chi connectivity index (χ1) is 14.0. The second-order valence-electron chi connectivity index (χ2n) is 8.50. The number of halogens is 1. The molecule has 2 saturated heterocycles. The van der Waals surface area contributed by atoms with Crippen LogP contribution in [0.15, 0.2) is 4.99 Å². The van der Waals surface area contributed by atoms with Crippen LogP contribution in [0.1, 0.15) is 39.0 Å². The Hall–Kier alpha value is -0.170. The monoisotopic (exact) mass is 557 g/mol. The zero-order valence-corrected chi connectivity index (χ0v) is 21.6.